The summed E-state index contributed by atoms with van der Waals surface area (Å²) >= 11 is 0. The van der Waals surface area contributed by atoms with Gasteiger partial charge >= 0.3 is 0 Å². The fourth-order valence-electron chi connectivity index (χ4n) is 1.80. The number of para-hydroxylation sites is 1. The van der Waals surface area contributed by atoms with Crippen molar-refractivity contribution in [3.63, 3.8) is 0 Å². The van der Waals surface area contributed by atoms with Crippen LogP contribution < -0.4 is 15.8 Å². The highest BCUT2D eigenvalue weighted by Gasteiger charge is 2.22. The lowest BCUT2D eigenvalue weighted by Gasteiger charge is -2.28. The number of amidine groups is 1. The Hall–Kier alpha value is -2.24. The van der Waals surface area contributed by atoms with E-state index in [4.69, 9.17) is 15.7 Å². The Morgan fingerprint density at radius 3 is 2.57 bits per heavy atom. The molecular weight excluding hydrogens is 270 g/mol. The molecule has 0 bridgehead atoms. The van der Waals surface area contributed by atoms with Gasteiger partial charge in [-0.15, -0.1) is 0 Å². The standard InChI is InChI=1S/C15H23N3O3/c1-4-15(3,5-2)17-13(19)10-21-12-9-7-6-8-11(12)14(16)18-20/h6-9,20H,4-5,10H2,1-3H3,(H2,16,18)(H,17,19). The molecule has 0 aliphatic heterocycles. The van der Waals surface area contributed by atoms with Gasteiger partial charge in [-0.05, 0) is 31.9 Å². The van der Waals surface area contributed by atoms with Crippen LogP contribution >= 0.6 is 0 Å². The molecule has 1 aromatic rings. The van der Waals surface area contributed by atoms with Crippen LogP contribution in [0.2, 0.25) is 0 Å². The first-order valence-electron chi connectivity index (χ1n) is 6.96. The predicted octanol–water partition coefficient (Wildman–Crippen LogP) is 1.85. The summed E-state index contributed by atoms with van der Waals surface area (Å²) in [6, 6.07) is 6.82. The summed E-state index contributed by atoms with van der Waals surface area (Å²) in [5.74, 6) is 0.145. The van der Waals surface area contributed by atoms with Gasteiger partial charge in [0.1, 0.15) is 5.75 Å². The van der Waals surface area contributed by atoms with Gasteiger partial charge in [0.05, 0.1) is 5.56 Å². The zero-order valence-corrected chi connectivity index (χ0v) is 12.7. The molecule has 1 rings (SSSR count). The Balaban J connectivity index is 2.70. The summed E-state index contributed by atoms with van der Waals surface area (Å²) in [7, 11) is 0. The first kappa shape index (κ1) is 16.8. The summed E-state index contributed by atoms with van der Waals surface area (Å²) in [5, 5.41) is 14.6. The van der Waals surface area contributed by atoms with Crippen molar-refractivity contribution in [3.8, 4) is 5.75 Å². The summed E-state index contributed by atoms with van der Waals surface area (Å²) in [5.41, 5.74) is 5.78. The van der Waals surface area contributed by atoms with E-state index in [1.807, 2.05) is 20.8 Å². The number of rotatable bonds is 7. The normalized spacial score (nSPS) is 12.0. The van der Waals surface area contributed by atoms with Gasteiger partial charge in [-0.3, -0.25) is 4.79 Å². The smallest absolute Gasteiger partial charge is 0.258 e. The zero-order chi connectivity index (χ0) is 15.9. The molecule has 0 aromatic heterocycles. The molecule has 21 heavy (non-hydrogen) atoms. The Kier molecular flexibility index (Phi) is 6.02. The number of carbonyl (C=O) groups excluding carboxylic acids is 1. The second kappa shape index (κ2) is 7.52. The number of nitrogens with one attached hydrogen (secondary N) is 1. The minimum atomic E-state index is -0.231. The largest absolute Gasteiger partial charge is 0.483 e. The number of hydrogen-bond acceptors (Lipinski definition) is 4. The van der Waals surface area contributed by atoms with E-state index in [1.54, 1.807) is 24.3 Å². The van der Waals surface area contributed by atoms with E-state index in [0.717, 1.165) is 12.8 Å². The predicted molar refractivity (Wildman–Crippen MR) is 81.6 cm³/mol. The first-order chi connectivity index (χ1) is 9.95. The van der Waals surface area contributed by atoms with Gasteiger partial charge in [-0.25, -0.2) is 0 Å². The molecule has 0 fully saturated rings. The molecule has 0 aliphatic carbocycles. The third-order valence-corrected chi connectivity index (χ3v) is 3.63. The Morgan fingerprint density at radius 2 is 2.00 bits per heavy atom. The van der Waals surface area contributed by atoms with Crippen LogP contribution in [-0.4, -0.2) is 29.1 Å². The molecule has 0 unspecified atom stereocenters. The van der Waals surface area contributed by atoms with E-state index in [0.29, 0.717) is 11.3 Å². The quantitative estimate of drug-likeness (QED) is 0.309. The first-order valence-corrected chi connectivity index (χ1v) is 6.96. The highest BCUT2D eigenvalue weighted by atomic mass is 16.5. The van der Waals surface area contributed by atoms with E-state index in [1.165, 1.54) is 0 Å². The van der Waals surface area contributed by atoms with Crippen molar-refractivity contribution < 1.29 is 14.7 Å². The van der Waals surface area contributed by atoms with Crippen LogP contribution in [0.5, 0.6) is 5.75 Å². The van der Waals surface area contributed by atoms with Gasteiger partial charge in [0, 0.05) is 5.54 Å². The van der Waals surface area contributed by atoms with Gasteiger partial charge in [-0.1, -0.05) is 31.1 Å². The van der Waals surface area contributed by atoms with Crippen LogP contribution in [0, 0.1) is 0 Å². The number of ether oxygens (including phenoxy) is 1. The lowest BCUT2D eigenvalue weighted by molar-refractivity contribution is -0.125. The van der Waals surface area contributed by atoms with E-state index in [9.17, 15) is 4.79 Å². The highest BCUT2D eigenvalue weighted by molar-refractivity contribution is 5.99. The lowest BCUT2D eigenvalue weighted by Crippen LogP contribution is -2.46. The van der Waals surface area contributed by atoms with Gasteiger partial charge in [0.25, 0.3) is 5.91 Å². The topological polar surface area (TPSA) is 96.9 Å². The van der Waals surface area contributed by atoms with E-state index in [2.05, 4.69) is 10.5 Å². The van der Waals surface area contributed by atoms with Crippen LogP contribution in [0.15, 0.2) is 29.4 Å². The van der Waals surface area contributed by atoms with Crippen molar-refractivity contribution in [3.05, 3.63) is 29.8 Å². The average molecular weight is 293 g/mol. The van der Waals surface area contributed by atoms with Crippen LogP contribution in [-0.2, 0) is 4.79 Å². The fraction of sp³-hybridized carbons (Fsp3) is 0.467. The van der Waals surface area contributed by atoms with E-state index in [-0.39, 0.29) is 23.9 Å². The maximum Gasteiger partial charge on any atom is 0.258 e. The summed E-state index contributed by atoms with van der Waals surface area (Å²) in [6.07, 6.45) is 1.69. The van der Waals surface area contributed by atoms with Crippen molar-refractivity contribution in [1.82, 2.24) is 5.32 Å². The SMILES string of the molecule is CCC(C)(CC)NC(=O)COc1ccccc1/C(N)=N/O. The molecule has 116 valence electrons. The van der Waals surface area contributed by atoms with Gasteiger partial charge in [0.15, 0.2) is 12.4 Å². The van der Waals surface area contributed by atoms with Gasteiger partial charge in [0.2, 0.25) is 0 Å². The van der Waals surface area contributed by atoms with Crippen LogP contribution in [0.1, 0.15) is 39.2 Å². The summed E-state index contributed by atoms with van der Waals surface area (Å²) < 4.78 is 5.47. The molecule has 0 spiro atoms. The second-order valence-corrected chi connectivity index (χ2v) is 5.09. The molecule has 0 saturated heterocycles. The van der Waals surface area contributed by atoms with Crippen LogP contribution in [0.3, 0.4) is 0 Å². The second-order valence-electron chi connectivity index (χ2n) is 5.09. The number of nitrogens with two attached hydrogens (primary N) is 1. The van der Waals surface area contributed by atoms with E-state index >= 15 is 0 Å². The maximum absolute atomic E-state index is 12.0. The Morgan fingerprint density at radius 1 is 1.38 bits per heavy atom. The minimum Gasteiger partial charge on any atom is -0.483 e. The van der Waals surface area contributed by atoms with Crippen molar-refractivity contribution in [2.75, 3.05) is 6.61 Å². The van der Waals surface area contributed by atoms with Crippen LogP contribution in [0.4, 0.5) is 0 Å². The van der Waals surface area contributed by atoms with Gasteiger partial charge in [-0.2, -0.15) is 0 Å². The monoisotopic (exact) mass is 293 g/mol. The fourth-order valence-corrected chi connectivity index (χ4v) is 1.80. The molecule has 0 aliphatic rings. The number of benzene rings is 1. The number of oxime groups is 1. The molecule has 1 amide bonds. The van der Waals surface area contributed by atoms with Crippen molar-refractivity contribution >= 4 is 11.7 Å². The molecule has 6 nitrogen and oxygen atoms in total. The zero-order valence-electron chi connectivity index (χ0n) is 12.7. The number of amides is 1. The number of nitrogens with zero attached hydrogens (tertiary/aromatic N) is 1. The lowest BCUT2D eigenvalue weighted by atomic mass is 9.96. The minimum absolute atomic E-state index is 0.0574. The van der Waals surface area contributed by atoms with Crippen molar-refractivity contribution in [2.45, 2.75) is 39.2 Å². The molecule has 0 saturated carbocycles. The summed E-state index contributed by atoms with van der Waals surface area (Å²) in [4.78, 5) is 12.0. The molecule has 4 N–H and O–H groups in total. The molecule has 0 radical (unpaired) electrons. The van der Waals surface area contributed by atoms with Crippen molar-refractivity contribution in [1.29, 1.82) is 0 Å². The Labute approximate surface area is 125 Å². The van der Waals surface area contributed by atoms with E-state index < -0.39 is 0 Å². The summed E-state index contributed by atoms with van der Waals surface area (Å²) in [6.45, 7) is 5.93. The Bertz CT molecular complexity index is 511. The molecule has 0 atom stereocenters. The molecule has 1 aromatic carbocycles. The molecule has 0 heterocycles. The van der Waals surface area contributed by atoms with Crippen LogP contribution in [0.25, 0.3) is 0 Å². The molecule has 6 heteroatoms. The highest BCUT2D eigenvalue weighted by Crippen LogP contribution is 2.18. The average Bonchev–Trinajstić information content (AvgIpc) is 2.52. The van der Waals surface area contributed by atoms with Gasteiger partial charge < -0.3 is 21.0 Å². The third-order valence-electron chi connectivity index (χ3n) is 3.63. The number of hydrogen-bond donors (Lipinski definition) is 3. The van der Waals surface area contributed by atoms with Crippen molar-refractivity contribution in [2.24, 2.45) is 10.9 Å². The number of carbonyl (C=O) groups is 1. The third kappa shape index (κ3) is 4.66. The molecular formula is C15H23N3O3. The maximum atomic E-state index is 12.0.